The highest BCUT2D eigenvalue weighted by atomic mass is 16.2. The minimum atomic E-state index is -0.00121. The number of aryl methyl sites for hydroxylation is 1. The van der Waals surface area contributed by atoms with Crippen molar-refractivity contribution in [1.82, 2.24) is 30.2 Å². The van der Waals surface area contributed by atoms with Gasteiger partial charge in [-0.2, -0.15) is 5.10 Å². The third-order valence-corrected chi connectivity index (χ3v) is 4.70. The van der Waals surface area contributed by atoms with Crippen LogP contribution in [0, 0.1) is 0 Å². The molecule has 1 saturated heterocycles. The molecule has 2 heterocycles. The number of aliphatic imine (C=N–C) groups is 1. The van der Waals surface area contributed by atoms with Crippen LogP contribution in [0.15, 0.2) is 23.5 Å². The zero-order valence-corrected chi connectivity index (χ0v) is 16.3. The van der Waals surface area contributed by atoms with Gasteiger partial charge >= 0.3 is 0 Å². The average Bonchev–Trinajstić information content (AvgIpc) is 3.31. The molecule has 0 aliphatic carbocycles. The van der Waals surface area contributed by atoms with Crippen LogP contribution in [0.2, 0.25) is 0 Å². The third kappa shape index (κ3) is 6.67. The van der Waals surface area contributed by atoms with Gasteiger partial charge in [-0.25, -0.2) is 4.99 Å². The fourth-order valence-corrected chi connectivity index (χ4v) is 3.10. The lowest BCUT2D eigenvalue weighted by Crippen LogP contribution is -2.45. The summed E-state index contributed by atoms with van der Waals surface area (Å²) in [7, 11) is 3.50. The van der Waals surface area contributed by atoms with Crippen LogP contribution in [0.25, 0.3) is 0 Å². The predicted octanol–water partition coefficient (Wildman–Crippen LogP) is 0.381. The highest BCUT2D eigenvalue weighted by molar-refractivity contribution is 5.84. The van der Waals surface area contributed by atoms with Crippen molar-refractivity contribution in [1.29, 1.82) is 0 Å². The molecule has 1 aromatic rings. The largest absolute Gasteiger partial charge is 0.356 e. The summed E-state index contributed by atoms with van der Waals surface area (Å²) >= 11 is 0. The molecule has 1 amide bonds. The van der Waals surface area contributed by atoms with Crippen molar-refractivity contribution in [3.63, 3.8) is 0 Å². The van der Waals surface area contributed by atoms with Gasteiger partial charge in [-0.1, -0.05) is 6.92 Å². The molecule has 0 bridgehead atoms. The topological polar surface area (TPSA) is 77.8 Å². The van der Waals surface area contributed by atoms with Crippen molar-refractivity contribution in [3.8, 4) is 0 Å². The fraction of sp³-hybridized carbons (Fsp3) is 0.722. The molecule has 2 rings (SSSR count). The van der Waals surface area contributed by atoms with Crippen LogP contribution in [-0.4, -0.2) is 84.3 Å². The van der Waals surface area contributed by atoms with Crippen LogP contribution in [0.4, 0.5) is 0 Å². The van der Waals surface area contributed by atoms with E-state index in [2.05, 4.69) is 32.5 Å². The summed E-state index contributed by atoms with van der Waals surface area (Å²) in [5.41, 5.74) is 0. The maximum absolute atomic E-state index is 11.8. The second-order valence-electron chi connectivity index (χ2n) is 6.81. The van der Waals surface area contributed by atoms with Gasteiger partial charge in [-0.05, 0) is 38.4 Å². The molecule has 1 aliphatic rings. The second-order valence-corrected chi connectivity index (χ2v) is 6.81. The lowest BCUT2D eigenvalue weighted by molar-refractivity contribution is -0.127. The van der Waals surface area contributed by atoms with E-state index in [4.69, 9.17) is 0 Å². The van der Waals surface area contributed by atoms with Crippen molar-refractivity contribution >= 4 is 11.9 Å². The molecule has 1 atom stereocenters. The molecule has 8 heteroatoms. The second kappa shape index (κ2) is 10.8. The van der Waals surface area contributed by atoms with Crippen molar-refractivity contribution in [2.45, 2.75) is 38.8 Å². The van der Waals surface area contributed by atoms with E-state index in [-0.39, 0.29) is 12.5 Å². The SMILES string of the molecule is CCN1CCCC1CNC(=NCC(=O)N(C)C)NCCCn1cccn1. The Labute approximate surface area is 156 Å². The van der Waals surface area contributed by atoms with Crippen LogP contribution < -0.4 is 10.6 Å². The molecule has 0 saturated carbocycles. The summed E-state index contributed by atoms with van der Waals surface area (Å²) in [4.78, 5) is 20.3. The molecule has 8 nitrogen and oxygen atoms in total. The van der Waals surface area contributed by atoms with Crippen molar-refractivity contribution < 1.29 is 4.79 Å². The number of likely N-dealkylation sites (tertiary alicyclic amines) is 1. The quantitative estimate of drug-likeness (QED) is 0.377. The number of guanidine groups is 1. The number of nitrogens with one attached hydrogen (secondary N) is 2. The van der Waals surface area contributed by atoms with Crippen LogP contribution in [0.5, 0.6) is 0 Å². The number of carbonyl (C=O) groups is 1. The number of aromatic nitrogens is 2. The van der Waals surface area contributed by atoms with Gasteiger partial charge < -0.3 is 15.5 Å². The van der Waals surface area contributed by atoms with Gasteiger partial charge in [-0.3, -0.25) is 14.4 Å². The third-order valence-electron chi connectivity index (χ3n) is 4.70. The van der Waals surface area contributed by atoms with Gasteiger partial charge in [0.1, 0.15) is 6.54 Å². The monoisotopic (exact) mass is 363 g/mol. The maximum atomic E-state index is 11.8. The zero-order chi connectivity index (χ0) is 18.8. The molecule has 146 valence electrons. The van der Waals surface area contributed by atoms with Gasteiger partial charge in [0.15, 0.2) is 5.96 Å². The van der Waals surface area contributed by atoms with Crippen molar-refractivity contribution in [2.24, 2.45) is 4.99 Å². The van der Waals surface area contributed by atoms with Gasteiger partial charge in [-0.15, -0.1) is 0 Å². The van der Waals surface area contributed by atoms with Crippen LogP contribution in [0.1, 0.15) is 26.2 Å². The standard InChI is InChI=1S/C18H33N7O/c1-4-24-11-5-8-16(24)14-20-18(21-15-17(26)23(2)3)19-9-6-12-25-13-7-10-22-25/h7,10,13,16H,4-6,8-9,11-12,14-15H2,1-3H3,(H2,19,20,21). The van der Waals surface area contributed by atoms with E-state index in [1.807, 2.05) is 16.9 Å². The average molecular weight is 364 g/mol. The number of rotatable bonds is 9. The molecular formula is C18H33N7O. The Bertz CT molecular complexity index is 556. The lowest BCUT2D eigenvalue weighted by atomic mass is 10.2. The first-order chi connectivity index (χ1) is 12.6. The smallest absolute Gasteiger partial charge is 0.243 e. The Morgan fingerprint density at radius 1 is 1.38 bits per heavy atom. The Hall–Kier alpha value is -2.09. The van der Waals surface area contributed by atoms with E-state index in [1.54, 1.807) is 25.2 Å². The Morgan fingerprint density at radius 3 is 2.92 bits per heavy atom. The highest BCUT2D eigenvalue weighted by Gasteiger charge is 2.22. The van der Waals surface area contributed by atoms with Gasteiger partial charge in [0.05, 0.1) is 0 Å². The van der Waals surface area contributed by atoms with Gasteiger partial charge in [0.25, 0.3) is 0 Å². The van der Waals surface area contributed by atoms with E-state index in [9.17, 15) is 4.79 Å². The molecule has 1 fully saturated rings. The number of hydrogen-bond donors (Lipinski definition) is 2. The molecule has 1 aliphatic heterocycles. The number of hydrogen-bond acceptors (Lipinski definition) is 4. The Morgan fingerprint density at radius 2 is 2.23 bits per heavy atom. The first-order valence-electron chi connectivity index (χ1n) is 9.54. The van der Waals surface area contributed by atoms with Gasteiger partial charge in [0, 0.05) is 52.2 Å². The number of likely N-dealkylation sites (N-methyl/N-ethyl adjacent to an activating group) is 2. The van der Waals surface area contributed by atoms with Crippen LogP contribution in [-0.2, 0) is 11.3 Å². The summed E-state index contributed by atoms with van der Waals surface area (Å²) in [6, 6.07) is 2.47. The lowest BCUT2D eigenvalue weighted by Gasteiger charge is -2.24. The van der Waals surface area contributed by atoms with E-state index in [0.717, 1.165) is 32.6 Å². The fourth-order valence-electron chi connectivity index (χ4n) is 3.10. The molecule has 1 unspecified atom stereocenters. The number of nitrogens with zero attached hydrogens (tertiary/aromatic N) is 5. The Balaban J connectivity index is 1.81. The van der Waals surface area contributed by atoms with E-state index >= 15 is 0 Å². The summed E-state index contributed by atoms with van der Waals surface area (Å²) in [5, 5.41) is 11.0. The number of carbonyl (C=O) groups excluding carboxylic acids is 1. The minimum Gasteiger partial charge on any atom is -0.356 e. The normalized spacial score (nSPS) is 18.1. The summed E-state index contributed by atoms with van der Waals surface area (Å²) in [6.45, 7) is 7.11. The molecule has 0 spiro atoms. The van der Waals surface area contributed by atoms with E-state index in [1.165, 1.54) is 19.4 Å². The Kier molecular flexibility index (Phi) is 8.40. The van der Waals surface area contributed by atoms with Crippen LogP contribution >= 0.6 is 0 Å². The molecule has 0 aromatic carbocycles. The summed E-state index contributed by atoms with van der Waals surface area (Å²) in [6.07, 6.45) is 7.15. The van der Waals surface area contributed by atoms with Crippen molar-refractivity contribution in [3.05, 3.63) is 18.5 Å². The molecular weight excluding hydrogens is 330 g/mol. The van der Waals surface area contributed by atoms with Crippen LogP contribution in [0.3, 0.4) is 0 Å². The van der Waals surface area contributed by atoms with Gasteiger partial charge in [0.2, 0.25) is 5.91 Å². The summed E-state index contributed by atoms with van der Waals surface area (Å²) < 4.78 is 1.92. The molecule has 0 radical (unpaired) electrons. The molecule has 2 N–H and O–H groups in total. The highest BCUT2D eigenvalue weighted by Crippen LogP contribution is 2.15. The maximum Gasteiger partial charge on any atom is 0.243 e. The number of amides is 1. The van der Waals surface area contributed by atoms with E-state index in [0.29, 0.717) is 12.0 Å². The molecule has 26 heavy (non-hydrogen) atoms. The first kappa shape index (κ1) is 20.2. The van der Waals surface area contributed by atoms with E-state index < -0.39 is 0 Å². The van der Waals surface area contributed by atoms with Crippen molar-refractivity contribution in [2.75, 3.05) is 46.8 Å². The summed E-state index contributed by atoms with van der Waals surface area (Å²) in [5.74, 6) is 0.710. The minimum absolute atomic E-state index is 0.00121. The molecule has 1 aromatic heterocycles. The zero-order valence-electron chi connectivity index (χ0n) is 16.3. The predicted molar refractivity (Wildman–Crippen MR) is 104 cm³/mol. The first-order valence-corrected chi connectivity index (χ1v) is 9.54.